The van der Waals surface area contributed by atoms with Crippen LogP contribution >= 0.6 is 0 Å². The summed E-state index contributed by atoms with van der Waals surface area (Å²) in [6, 6.07) is 5.36. The van der Waals surface area contributed by atoms with Crippen LogP contribution < -0.4 is 0 Å². The van der Waals surface area contributed by atoms with Gasteiger partial charge in [0, 0.05) is 0 Å². The van der Waals surface area contributed by atoms with E-state index >= 15 is 0 Å². The van der Waals surface area contributed by atoms with Gasteiger partial charge in [-0.15, -0.1) is 0 Å². The van der Waals surface area contributed by atoms with E-state index < -0.39 is 0 Å². The second-order valence-electron chi connectivity index (χ2n) is 2.07. The van der Waals surface area contributed by atoms with Crippen molar-refractivity contribution < 1.29 is 5.11 Å². The van der Waals surface area contributed by atoms with E-state index in [4.69, 9.17) is 5.11 Å². The maximum atomic E-state index is 9.04. The van der Waals surface area contributed by atoms with Crippen molar-refractivity contribution in [2.75, 3.05) is 0 Å². The topological polar surface area (TPSA) is 20.2 Å². The predicted molar refractivity (Wildman–Crippen MR) is 37.3 cm³/mol. The Bertz CT molecular complexity index is 196. The maximum Gasteiger partial charge on any atom is 0.119 e. The lowest BCUT2D eigenvalue weighted by atomic mass is 10.1. The molecule has 0 aliphatic rings. The second kappa shape index (κ2) is 2.09. The van der Waals surface area contributed by atoms with Gasteiger partial charge >= 0.3 is 0 Å². The molecular formula is C8H9O. The molecule has 47 valence electrons. The van der Waals surface area contributed by atoms with Crippen LogP contribution in [0, 0.1) is 13.8 Å². The summed E-state index contributed by atoms with van der Waals surface area (Å²) < 4.78 is 0. The summed E-state index contributed by atoms with van der Waals surface area (Å²) in [4.78, 5) is 0. The SMILES string of the molecule is [CH2]c1c(C)cccc1O. The summed E-state index contributed by atoms with van der Waals surface area (Å²) in [7, 11) is 0. The first-order valence-electron chi connectivity index (χ1n) is 2.82. The number of aryl methyl sites for hydroxylation is 1. The highest BCUT2D eigenvalue weighted by molar-refractivity contribution is 5.40. The minimum atomic E-state index is 0.273. The van der Waals surface area contributed by atoms with Crippen LogP contribution in [-0.4, -0.2) is 5.11 Å². The Hall–Kier alpha value is -0.980. The van der Waals surface area contributed by atoms with E-state index in [0.29, 0.717) is 0 Å². The largest absolute Gasteiger partial charge is 0.508 e. The zero-order chi connectivity index (χ0) is 6.85. The quantitative estimate of drug-likeness (QED) is 0.555. The summed E-state index contributed by atoms with van der Waals surface area (Å²) in [5.74, 6) is 0.273. The van der Waals surface area contributed by atoms with Crippen LogP contribution in [0.25, 0.3) is 0 Å². The van der Waals surface area contributed by atoms with Crippen LogP contribution in [0.15, 0.2) is 18.2 Å². The zero-order valence-corrected chi connectivity index (χ0v) is 5.39. The molecule has 0 saturated heterocycles. The Balaban J connectivity index is 3.25. The van der Waals surface area contributed by atoms with Gasteiger partial charge in [-0.3, -0.25) is 0 Å². The number of hydrogen-bond acceptors (Lipinski definition) is 1. The van der Waals surface area contributed by atoms with Gasteiger partial charge in [-0.25, -0.2) is 0 Å². The van der Waals surface area contributed by atoms with E-state index in [2.05, 4.69) is 6.92 Å². The molecule has 1 nitrogen and oxygen atoms in total. The summed E-state index contributed by atoms with van der Waals surface area (Å²) in [6.07, 6.45) is 0. The Morgan fingerprint density at radius 2 is 2.11 bits per heavy atom. The van der Waals surface area contributed by atoms with Crippen molar-refractivity contribution in [3.8, 4) is 5.75 Å². The molecule has 0 aromatic heterocycles. The molecule has 9 heavy (non-hydrogen) atoms. The van der Waals surface area contributed by atoms with Crippen molar-refractivity contribution in [3.05, 3.63) is 36.2 Å². The highest BCUT2D eigenvalue weighted by Crippen LogP contribution is 2.17. The monoisotopic (exact) mass is 121 g/mol. The Morgan fingerprint density at radius 1 is 1.44 bits per heavy atom. The smallest absolute Gasteiger partial charge is 0.119 e. The molecule has 0 saturated carbocycles. The van der Waals surface area contributed by atoms with Gasteiger partial charge in [0.2, 0.25) is 0 Å². The third kappa shape index (κ3) is 1.04. The van der Waals surface area contributed by atoms with Gasteiger partial charge < -0.3 is 5.11 Å². The zero-order valence-electron chi connectivity index (χ0n) is 5.39. The lowest BCUT2D eigenvalue weighted by Gasteiger charge is -1.99. The Kier molecular flexibility index (Phi) is 1.43. The fourth-order valence-electron chi connectivity index (χ4n) is 0.687. The van der Waals surface area contributed by atoms with Gasteiger partial charge in [0.15, 0.2) is 0 Å². The fraction of sp³-hybridized carbons (Fsp3) is 0.125. The lowest BCUT2D eigenvalue weighted by molar-refractivity contribution is 0.472. The normalized spacial score (nSPS) is 9.56. The van der Waals surface area contributed by atoms with Crippen molar-refractivity contribution in [2.24, 2.45) is 0 Å². The molecule has 1 aromatic rings. The van der Waals surface area contributed by atoms with Gasteiger partial charge in [-0.1, -0.05) is 12.1 Å². The molecule has 0 aliphatic heterocycles. The van der Waals surface area contributed by atoms with Crippen LogP contribution in [0.2, 0.25) is 0 Å². The van der Waals surface area contributed by atoms with Gasteiger partial charge in [0.1, 0.15) is 5.75 Å². The van der Waals surface area contributed by atoms with E-state index in [1.165, 1.54) is 0 Å². The minimum Gasteiger partial charge on any atom is -0.508 e. The van der Waals surface area contributed by atoms with E-state index in [1.54, 1.807) is 12.1 Å². The first-order chi connectivity index (χ1) is 4.22. The van der Waals surface area contributed by atoms with Crippen LogP contribution in [0.1, 0.15) is 11.1 Å². The molecule has 0 unspecified atom stereocenters. The Morgan fingerprint density at radius 3 is 2.56 bits per heavy atom. The molecule has 1 heteroatoms. The fourth-order valence-corrected chi connectivity index (χ4v) is 0.687. The second-order valence-corrected chi connectivity index (χ2v) is 2.07. The number of hydrogen-bond donors (Lipinski definition) is 1. The van der Waals surface area contributed by atoms with Gasteiger partial charge in [0.05, 0.1) is 0 Å². The van der Waals surface area contributed by atoms with Crippen LogP contribution in [-0.2, 0) is 0 Å². The first-order valence-corrected chi connectivity index (χ1v) is 2.82. The number of aromatic hydroxyl groups is 1. The molecule has 0 atom stereocenters. The van der Waals surface area contributed by atoms with E-state index in [9.17, 15) is 0 Å². The molecular weight excluding hydrogens is 112 g/mol. The highest BCUT2D eigenvalue weighted by Gasteiger charge is 1.94. The van der Waals surface area contributed by atoms with Crippen molar-refractivity contribution in [1.29, 1.82) is 0 Å². The number of rotatable bonds is 0. The first kappa shape index (κ1) is 6.14. The standard InChI is InChI=1S/C8H9O/c1-6-4-3-5-8(9)7(6)2/h3-5,9H,2H2,1H3. The minimum absolute atomic E-state index is 0.273. The molecule has 0 amide bonds. The van der Waals surface area contributed by atoms with Crippen LogP contribution in [0.3, 0.4) is 0 Å². The highest BCUT2D eigenvalue weighted by atomic mass is 16.3. The molecule has 1 aromatic carbocycles. The number of phenols is 1. The van der Waals surface area contributed by atoms with E-state index in [0.717, 1.165) is 11.1 Å². The third-order valence-electron chi connectivity index (χ3n) is 1.39. The van der Waals surface area contributed by atoms with Gasteiger partial charge in [-0.05, 0) is 31.0 Å². The van der Waals surface area contributed by atoms with E-state index in [1.807, 2.05) is 13.0 Å². The molecule has 0 aliphatic carbocycles. The molecule has 1 rings (SSSR count). The summed E-state index contributed by atoms with van der Waals surface area (Å²) in [5.41, 5.74) is 1.74. The number of benzene rings is 1. The summed E-state index contributed by atoms with van der Waals surface area (Å²) in [5, 5.41) is 9.04. The predicted octanol–water partition coefficient (Wildman–Crippen LogP) is 1.88. The number of phenolic OH excluding ortho intramolecular Hbond substituents is 1. The van der Waals surface area contributed by atoms with Crippen molar-refractivity contribution >= 4 is 0 Å². The average molecular weight is 121 g/mol. The molecule has 0 fully saturated rings. The summed E-state index contributed by atoms with van der Waals surface area (Å²) in [6.45, 7) is 5.59. The van der Waals surface area contributed by atoms with Crippen molar-refractivity contribution in [3.63, 3.8) is 0 Å². The third-order valence-corrected chi connectivity index (χ3v) is 1.39. The summed E-state index contributed by atoms with van der Waals surface area (Å²) >= 11 is 0. The molecule has 0 bridgehead atoms. The molecule has 0 spiro atoms. The van der Waals surface area contributed by atoms with E-state index in [-0.39, 0.29) is 5.75 Å². The van der Waals surface area contributed by atoms with Gasteiger partial charge in [-0.2, -0.15) is 0 Å². The molecule has 1 N–H and O–H groups in total. The van der Waals surface area contributed by atoms with Crippen LogP contribution in [0.5, 0.6) is 5.75 Å². The lowest BCUT2D eigenvalue weighted by Crippen LogP contribution is -1.78. The molecule has 0 heterocycles. The van der Waals surface area contributed by atoms with Crippen molar-refractivity contribution in [2.45, 2.75) is 6.92 Å². The average Bonchev–Trinajstić information content (AvgIpc) is 1.83. The van der Waals surface area contributed by atoms with Crippen molar-refractivity contribution in [1.82, 2.24) is 0 Å². The van der Waals surface area contributed by atoms with Gasteiger partial charge in [0.25, 0.3) is 0 Å². The maximum absolute atomic E-state index is 9.04. The molecule has 1 radical (unpaired) electrons. The van der Waals surface area contributed by atoms with Crippen LogP contribution in [0.4, 0.5) is 0 Å². The Labute approximate surface area is 55.0 Å².